The first kappa shape index (κ1) is 20.0. The fourth-order valence-corrected chi connectivity index (χ4v) is 4.73. The molecule has 0 aromatic rings. The van der Waals surface area contributed by atoms with Crippen molar-refractivity contribution in [3.63, 3.8) is 0 Å². The molecule has 0 unspecified atom stereocenters. The zero-order chi connectivity index (χ0) is 18.7. The number of amides is 1. The number of hydrogen-bond donors (Lipinski definition) is 3. The highest BCUT2D eigenvalue weighted by Crippen LogP contribution is 2.29. The zero-order valence-corrected chi connectivity index (χ0v) is 15.8. The van der Waals surface area contributed by atoms with Gasteiger partial charge in [0.2, 0.25) is 5.91 Å². The Labute approximate surface area is 155 Å². The normalized spacial score (nSPS) is 37.7. The van der Waals surface area contributed by atoms with Gasteiger partial charge in [-0.2, -0.15) is 0 Å². The van der Waals surface area contributed by atoms with Crippen molar-refractivity contribution in [2.45, 2.75) is 62.9 Å². The second-order valence-electron chi connectivity index (χ2n) is 8.32. The molecule has 26 heavy (non-hydrogen) atoms. The summed E-state index contributed by atoms with van der Waals surface area (Å²) in [5.74, 6) is 0.940. The van der Waals surface area contributed by atoms with Gasteiger partial charge < -0.3 is 25.0 Å². The monoisotopic (exact) mass is 370 g/mol. The van der Waals surface area contributed by atoms with Crippen molar-refractivity contribution in [2.75, 3.05) is 39.8 Å². The summed E-state index contributed by atoms with van der Waals surface area (Å²) in [5, 5.41) is 29.3. The second kappa shape index (κ2) is 8.97. The largest absolute Gasteiger partial charge is 0.389 e. The zero-order valence-electron chi connectivity index (χ0n) is 15.8. The third-order valence-electron chi connectivity index (χ3n) is 6.48. The summed E-state index contributed by atoms with van der Waals surface area (Å²) in [4.78, 5) is 16.8. The van der Waals surface area contributed by atoms with E-state index in [2.05, 4.69) is 0 Å². The SMILES string of the molecule is COC1CCC(C(=O)N2CCC(CN3C[C@@H](O)[C@H](O)[C@@H](O)C3)CC2)CC1. The summed E-state index contributed by atoms with van der Waals surface area (Å²) in [6.45, 7) is 3.21. The molecule has 0 bridgehead atoms. The average Bonchev–Trinajstić information content (AvgIpc) is 2.66. The molecule has 0 spiro atoms. The van der Waals surface area contributed by atoms with E-state index in [0.29, 0.717) is 31.0 Å². The predicted octanol–water partition coefficient (Wildman–Crippen LogP) is -0.171. The number of methoxy groups -OCH3 is 1. The molecule has 1 saturated carbocycles. The van der Waals surface area contributed by atoms with Crippen LogP contribution in [0.4, 0.5) is 0 Å². The molecule has 7 nitrogen and oxygen atoms in total. The number of hydrogen-bond acceptors (Lipinski definition) is 6. The Balaban J connectivity index is 1.41. The van der Waals surface area contributed by atoms with Crippen LogP contribution in [-0.2, 0) is 9.53 Å². The second-order valence-corrected chi connectivity index (χ2v) is 8.32. The Hall–Kier alpha value is -0.730. The van der Waals surface area contributed by atoms with Gasteiger partial charge in [0, 0.05) is 45.8 Å². The van der Waals surface area contributed by atoms with Crippen molar-refractivity contribution in [1.82, 2.24) is 9.80 Å². The van der Waals surface area contributed by atoms with Crippen LogP contribution >= 0.6 is 0 Å². The molecule has 3 atom stereocenters. The number of rotatable bonds is 4. The van der Waals surface area contributed by atoms with Crippen molar-refractivity contribution in [3.05, 3.63) is 0 Å². The van der Waals surface area contributed by atoms with Crippen LogP contribution in [0.2, 0.25) is 0 Å². The predicted molar refractivity (Wildman–Crippen MR) is 96.5 cm³/mol. The minimum absolute atomic E-state index is 0.159. The molecular formula is C19H34N2O5. The van der Waals surface area contributed by atoms with Crippen LogP contribution in [0.3, 0.4) is 0 Å². The molecule has 3 N–H and O–H groups in total. The van der Waals surface area contributed by atoms with Crippen LogP contribution in [0.5, 0.6) is 0 Å². The van der Waals surface area contributed by atoms with Crippen LogP contribution in [0.1, 0.15) is 38.5 Å². The lowest BCUT2D eigenvalue weighted by atomic mass is 9.85. The van der Waals surface area contributed by atoms with Crippen molar-refractivity contribution in [3.8, 4) is 0 Å². The van der Waals surface area contributed by atoms with E-state index in [0.717, 1.165) is 58.2 Å². The minimum Gasteiger partial charge on any atom is -0.389 e. The van der Waals surface area contributed by atoms with Crippen LogP contribution in [-0.4, -0.2) is 95.3 Å². The number of nitrogens with zero attached hydrogens (tertiary/aromatic N) is 2. The van der Waals surface area contributed by atoms with Gasteiger partial charge in [-0.3, -0.25) is 9.69 Å². The first-order chi connectivity index (χ1) is 12.5. The lowest BCUT2D eigenvalue weighted by Gasteiger charge is -2.41. The average molecular weight is 370 g/mol. The summed E-state index contributed by atoms with van der Waals surface area (Å²) >= 11 is 0. The number of carbonyl (C=O) groups is 1. The third-order valence-corrected chi connectivity index (χ3v) is 6.48. The van der Waals surface area contributed by atoms with Crippen molar-refractivity contribution < 1.29 is 24.9 Å². The fourth-order valence-electron chi connectivity index (χ4n) is 4.73. The van der Waals surface area contributed by atoms with E-state index in [1.807, 2.05) is 9.80 Å². The molecule has 3 rings (SSSR count). The number of likely N-dealkylation sites (tertiary alicyclic amines) is 2. The van der Waals surface area contributed by atoms with Gasteiger partial charge in [-0.1, -0.05) is 0 Å². The molecule has 1 aliphatic carbocycles. The Bertz CT molecular complexity index is 449. The fraction of sp³-hybridized carbons (Fsp3) is 0.947. The lowest BCUT2D eigenvalue weighted by molar-refractivity contribution is -0.139. The van der Waals surface area contributed by atoms with E-state index in [1.54, 1.807) is 7.11 Å². The molecule has 2 heterocycles. The van der Waals surface area contributed by atoms with E-state index in [9.17, 15) is 20.1 Å². The van der Waals surface area contributed by atoms with E-state index in [4.69, 9.17) is 4.74 Å². The van der Waals surface area contributed by atoms with Gasteiger partial charge in [-0.25, -0.2) is 0 Å². The molecule has 1 amide bonds. The van der Waals surface area contributed by atoms with Gasteiger partial charge >= 0.3 is 0 Å². The Morgan fingerprint density at radius 2 is 1.54 bits per heavy atom. The molecule has 7 heteroatoms. The van der Waals surface area contributed by atoms with Crippen LogP contribution in [0, 0.1) is 11.8 Å². The van der Waals surface area contributed by atoms with Crippen LogP contribution in [0.25, 0.3) is 0 Å². The van der Waals surface area contributed by atoms with E-state index >= 15 is 0 Å². The number of ether oxygens (including phenoxy) is 1. The first-order valence-electron chi connectivity index (χ1n) is 10.1. The van der Waals surface area contributed by atoms with Gasteiger partial charge in [0.05, 0.1) is 18.3 Å². The summed E-state index contributed by atoms with van der Waals surface area (Å²) < 4.78 is 5.39. The smallest absolute Gasteiger partial charge is 0.225 e. The lowest BCUT2D eigenvalue weighted by Crippen LogP contribution is -2.56. The van der Waals surface area contributed by atoms with Crippen LogP contribution < -0.4 is 0 Å². The summed E-state index contributed by atoms with van der Waals surface area (Å²) in [6, 6.07) is 0. The first-order valence-corrected chi connectivity index (χ1v) is 10.1. The highest BCUT2D eigenvalue weighted by atomic mass is 16.5. The number of aliphatic hydroxyl groups is 3. The quantitative estimate of drug-likeness (QED) is 0.636. The Morgan fingerprint density at radius 3 is 2.08 bits per heavy atom. The van der Waals surface area contributed by atoms with Crippen molar-refractivity contribution >= 4 is 5.91 Å². The maximum absolute atomic E-state index is 12.7. The van der Waals surface area contributed by atoms with E-state index in [-0.39, 0.29) is 5.92 Å². The molecule has 2 saturated heterocycles. The number of carbonyl (C=O) groups excluding carboxylic acids is 1. The van der Waals surface area contributed by atoms with Gasteiger partial charge in [0.15, 0.2) is 0 Å². The third kappa shape index (κ3) is 4.75. The molecule has 0 aromatic carbocycles. The van der Waals surface area contributed by atoms with Crippen molar-refractivity contribution in [1.29, 1.82) is 0 Å². The number of β-amino-alcohol motifs (C(OH)–C–C–N with tert-alkyl or cyclic N) is 2. The summed E-state index contributed by atoms with van der Waals surface area (Å²) in [7, 11) is 1.75. The standard InChI is InChI=1S/C19H34N2O5/c1-26-15-4-2-14(3-5-15)19(25)21-8-6-13(7-9-21)10-20-11-16(22)18(24)17(23)12-20/h13-18,22-24H,2-12H2,1H3/t14?,15?,16-,17+,18+. The maximum Gasteiger partial charge on any atom is 0.225 e. The maximum atomic E-state index is 12.7. The number of aliphatic hydroxyl groups excluding tert-OH is 3. The van der Waals surface area contributed by atoms with E-state index in [1.165, 1.54) is 0 Å². The van der Waals surface area contributed by atoms with Crippen molar-refractivity contribution in [2.24, 2.45) is 11.8 Å². The summed E-state index contributed by atoms with van der Waals surface area (Å²) in [5.41, 5.74) is 0. The summed E-state index contributed by atoms with van der Waals surface area (Å²) in [6.07, 6.45) is 3.26. The molecular weight excluding hydrogens is 336 g/mol. The molecule has 2 aliphatic heterocycles. The number of piperidine rings is 2. The Morgan fingerprint density at radius 1 is 0.962 bits per heavy atom. The molecule has 0 aromatic heterocycles. The highest BCUT2D eigenvalue weighted by Gasteiger charge is 2.35. The van der Waals surface area contributed by atoms with Crippen LogP contribution in [0.15, 0.2) is 0 Å². The van der Waals surface area contributed by atoms with E-state index < -0.39 is 18.3 Å². The topological polar surface area (TPSA) is 93.5 Å². The van der Waals surface area contributed by atoms with Gasteiger partial charge in [-0.15, -0.1) is 0 Å². The van der Waals surface area contributed by atoms with Gasteiger partial charge in [0.25, 0.3) is 0 Å². The molecule has 3 aliphatic rings. The molecule has 3 fully saturated rings. The highest BCUT2D eigenvalue weighted by molar-refractivity contribution is 5.79. The van der Waals surface area contributed by atoms with Gasteiger partial charge in [0.1, 0.15) is 6.10 Å². The minimum atomic E-state index is -1.04. The molecule has 150 valence electrons. The molecule has 0 radical (unpaired) electrons. The Kier molecular flexibility index (Phi) is 6.91. The van der Waals surface area contributed by atoms with Gasteiger partial charge in [-0.05, 0) is 44.4 Å².